The molecule has 0 spiro atoms. The Kier molecular flexibility index (Phi) is 9.70. The fraction of sp³-hybridized carbons (Fsp3) is 0.273. The molecule has 0 radical (unpaired) electrons. The second-order valence-electron chi connectivity index (χ2n) is 6.40. The Balaban J connectivity index is 1.74. The van der Waals surface area contributed by atoms with E-state index in [0.29, 0.717) is 23.6 Å². The molecule has 0 aromatic heterocycles. The van der Waals surface area contributed by atoms with Crippen LogP contribution in [0.5, 0.6) is 5.75 Å². The minimum atomic E-state index is -0.873. The number of ether oxygens (including phenoxy) is 2. The number of methoxy groups -OCH3 is 1. The number of rotatable bonds is 10. The summed E-state index contributed by atoms with van der Waals surface area (Å²) in [6, 6.07) is 14.4. The highest BCUT2D eigenvalue weighted by Gasteiger charge is 2.11. The van der Waals surface area contributed by atoms with Gasteiger partial charge in [0.1, 0.15) is 5.75 Å². The summed E-state index contributed by atoms with van der Waals surface area (Å²) in [7, 11) is 1.49. The minimum absolute atomic E-state index is 0.128. The lowest BCUT2D eigenvalue weighted by Gasteiger charge is -2.08. The lowest BCUT2D eigenvalue weighted by molar-refractivity contribution is -0.139. The third-order valence-electron chi connectivity index (χ3n) is 4.07. The number of nitrogens with one attached hydrogen (secondary N) is 3. The van der Waals surface area contributed by atoms with Crippen LogP contribution >= 0.6 is 0 Å². The molecule has 0 aliphatic rings. The Labute approximate surface area is 180 Å². The van der Waals surface area contributed by atoms with Gasteiger partial charge in [-0.15, -0.1) is 0 Å². The van der Waals surface area contributed by atoms with Crippen LogP contribution < -0.4 is 20.8 Å². The van der Waals surface area contributed by atoms with Gasteiger partial charge >= 0.3 is 11.8 Å². The predicted octanol–water partition coefficient (Wildman–Crippen LogP) is 1.48. The average molecular weight is 426 g/mol. The van der Waals surface area contributed by atoms with Crippen molar-refractivity contribution < 1.29 is 23.9 Å². The van der Waals surface area contributed by atoms with Crippen molar-refractivity contribution in [2.45, 2.75) is 13.3 Å². The molecule has 2 aromatic carbocycles. The number of hydrogen-bond acceptors (Lipinski definition) is 6. The number of nitrogens with zero attached hydrogens (tertiary/aromatic N) is 1. The zero-order chi connectivity index (χ0) is 22.5. The Morgan fingerprint density at radius 3 is 2.35 bits per heavy atom. The molecular weight excluding hydrogens is 400 g/mol. The zero-order valence-corrected chi connectivity index (χ0v) is 17.5. The number of amides is 3. The van der Waals surface area contributed by atoms with Gasteiger partial charge in [-0.25, -0.2) is 5.43 Å². The molecule has 0 aliphatic heterocycles. The van der Waals surface area contributed by atoms with E-state index in [1.165, 1.54) is 18.9 Å². The van der Waals surface area contributed by atoms with Crippen LogP contribution in [0.25, 0.3) is 0 Å². The molecule has 0 saturated heterocycles. The van der Waals surface area contributed by atoms with Crippen LogP contribution in [0.1, 0.15) is 18.1 Å². The van der Waals surface area contributed by atoms with Crippen molar-refractivity contribution in [3.63, 3.8) is 0 Å². The second-order valence-corrected chi connectivity index (χ2v) is 6.40. The first-order valence-electron chi connectivity index (χ1n) is 9.73. The molecule has 0 saturated carbocycles. The van der Waals surface area contributed by atoms with Crippen molar-refractivity contribution >= 4 is 29.6 Å². The molecule has 0 heterocycles. The van der Waals surface area contributed by atoms with E-state index < -0.39 is 11.8 Å². The van der Waals surface area contributed by atoms with Gasteiger partial charge in [-0.05, 0) is 53.9 Å². The Bertz CT molecular complexity index is 895. The van der Waals surface area contributed by atoms with E-state index in [2.05, 4.69) is 28.1 Å². The predicted molar refractivity (Wildman–Crippen MR) is 117 cm³/mol. The summed E-state index contributed by atoms with van der Waals surface area (Å²) in [5.74, 6) is -1.42. The zero-order valence-electron chi connectivity index (χ0n) is 17.5. The van der Waals surface area contributed by atoms with Gasteiger partial charge in [0.15, 0.2) is 6.61 Å². The van der Waals surface area contributed by atoms with E-state index >= 15 is 0 Å². The van der Waals surface area contributed by atoms with Gasteiger partial charge in [0.05, 0.1) is 12.8 Å². The van der Waals surface area contributed by atoms with Crippen LogP contribution in [0.2, 0.25) is 0 Å². The molecule has 0 aliphatic carbocycles. The van der Waals surface area contributed by atoms with Crippen LogP contribution in [0.3, 0.4) is 0 Å². The lowest BCUT2D eigenvalue weighted by atomic mass is 10.1. The fourth-order valence-electron chi connectivity index (χ4n) is 2.38. The largest absolute Gasteiger partial charge is 0.484 e. The topological polar surface area (TPSA) is 118 Å². The second kappa shape index (κ2) is 12.8. The maximum Gasteiger partial charge on any atom is 0.329 e. The molecule has 3 amide bonds. The van der Waals surface area contributed by atoms with Crippen molar-refractivity contribution in [3.05, 3.63) is 59.7 Å². The van der Waals surface area contributed by atoms with Crippen LogP contribution in [0.4, 0.5) is 5.69 Å². The van der Waals surface area contributed by atoms with E-state index in [9.17, 15) is 14.4 Å². The summed E-state index contributed by atoms with van der Waals surface area (Å²) in [4.78, 5) is 35.0. The van der Waals surface area contributed by atoms with E-state index in [1.807, 2.05) is 24.3 Å². The van der Waals surface area contributed by atoms with Crippen molar-refractivity contribution in [1.29, 1.82) is 0 Å². The number of carbonyl (C=O) groups is 3. The van der Waals surface area contributed by atoms with Crippen molar-refractivity contribution in [1.82, 2.24) is 10.7 Å². The maximum absolute atomic E-state index is 12.0. The van der Waals surface area contributed by atoms with Gasteiger partial charge in [-0.3, -0.25) is 14.4 Å². The Morgan fingerprint density at radius 1 is 1.00 bits per heavy atom. The summed E-state index contributed by atoms with van der Waals surface area (Å²) in [5.41, 5.74) is 4.72. The molecule has 2 rings (SSSR count). The molecule has 0 atom stereocenters. The van der Waals surface area contributed by atoms with E-state index in [4.69, 9.17) is 9.47 Å². The molecule has 3 N–H and O–H groups in total. The third kappa shape index (κ3) is 8.67. The normalized spacial score (nSPS) is 10.5. The van der Waals surface area contributed by atoms with E-state index in [-0.39, 0.29) is 19.1 Å². The molecule has 9 heteroatoms. The highest BCUT2D eigenvalue weighted by Crippen LogP contribution is 2.12. The summed E-state index contributed by atoms with van der Waals surface area (Å²) in [6.07, 6.45) is 2.32. The maximum atomic E-state index is 12.0. The van der Waals surface area contributed by atoms with Crippen LogP contribution in [-0.2, 0) is 25.5 Å². The van der Waals surface area contributed by atoms with Gasteiger partial charge < -0.3 is 20.1 Å². The van der Waals surface area contributed by atoms with Crippen molar-refractivity contribution in [3.8, 4) is 5.75 Å². The average Bonchev–Trinajstić information content (AvgIpc) is 2.79. The highest BCUT2D eigenvalue weighted by atomic mass is 16.5. The molecule has 0 fully saturated rings. The van der Waals surface area contributed by atoms with Gasteiger partial charge in [-0.2, -0.15) is 5.10 Å². The molecule has 0 unspecified atom stereocenters. The number of benzene rings is 2. The molecule has 9 nitrogen and oxygen atoms in total. The molecule has 0 bridgehead atoms. The summed E-state index contributed by atoms with van der Waals surface area (Å²) in [5, 5.41) is 8.89. The Hall–Kier alpha value is -3.72. The lowest BCUT2D eigenvalue weighted by Crippen LogP contribution is -2.39. The van der Waals surface area contributed by atoms with E-state index in [0.717, 1.165) is 6.42 Å². The summed E-state index contributed by atoms with van der Waals surface area (Å²) in [6.45, 7) is 2.48. The number of aryl methyl sites for hydroxylation is 1. The monoisotopic (exact) mass is 426 g/mol. The SMILES string of the molecule is CCc1ccc(NC(=O)COc2ccc(/C=N\NC(=O)C(=O)NCCOC)cc2)cc1. The summed E-state index contributed by atoms with van der Waals surface area (Å²) >= 11 is 0. The smallest absolute Gasteiger partial charge is 0.329 e. The number of hydrazone groups is 1. The number of hydrogen-bond donors (Lipinski definition) is 3. The van der Waals surface area contributed by atoms with E-state index in [1.54, 1.807) is 24.3 Å². The minimum Gasteiger partial charge on any atom is -0.484 e. The first kappa shape index (κ1) is 23.6. The number of carbonyl (C=O) groups excluding carboxylic acids is 3. The summed E-state index contributed by atoms with van der Waals surface area (Å²) < 4.78 is 10.2. The van der Waals surface area contributed by atoms with Crippen molar-refractivity contribution in [2.75, 3.05) is 32.2 Å². The van der Waals surface area contributed by atoms with Gasteiger partial charge in [0, 0.05) is 19.3 Å². The first-order valence-corrected chi connectivity index (χ1v) is 9.73. The van der Waals surface area contributed by atoms with Gasteiger partial charge in [0.25, 0.3) is 5.91 Å². The molecule has 2 aromatic rings. The van der Waals surface area contributed by atoms with Crippen LogP contribution in [-0.4, -0.2) is 50.8 Å². The van der Waals surface area contributed by atoms with Crippen molar-refractivity contribution in [2.24, 2.45) is 5.10 Å². The van der Waals surface area contributed by atoms with Gasteiger partial charge in [0.2, 0.25) is 0 Å². The number of anilines is 1. The van der Waals surface area contributed by atoms with Crippen LogP contribution in [0, 0.1) is 0 Å². The molecule has 164 valence electrons. The first-order chi connectivity index (χ1) is 15.0. The fourth-order valence-corrected chi connectivity index (χ4v) is 2.38. The molecular formula is C22H26N4O5. The van der Waals surface area contributed by atoms with Crippen LogP contribution in [0.15, 0.2) is 53.6 Å². The standard InChI is InChI=1S/C22H26N4O5/c1-3-16-4-8-18(9-5-16)25-20(27)15-31-19-10-6-17(7-11-19)14-24-26-22(29)21(28)23-12-13-30-2/h4-11,14H,3,12-13,15H2,1-2H3,(H,23,28)(H,25,27)(H,26,29)/b24-14-. The van der Waals surface area contributed by atoms with Gasteiger partial charge in [-0.1, -0.05) is 19.1 Å². The highest BCUT2D eigenvalue weighted by molar-refractivity contribution is 6.35. The molecule has 31 heavy (non-hydrogen) atoms. The third-order valence-corrected chi connectivity index (χ3v) is 4.07. The Morgan fingerprint density at radius 2 is 1.71 bits per heavy atom. The quantitative estimate of drug-likeness (QED) is 0.230.